The van der Waals surface area contributed by atoms with E-state index in [-0.39, 0.29) is 24.5 Å². The monoisotopic (exact) mass is 173 g/mol. The molecule has 0 spiro atoms. The van der Waals surface area contributed by atoms with E-state index in [0.717, 1.165) is 12.8 Å². The second kappa shape index (κ2) is 6.00. The van der Waals surface area contributed by atoms with E-state index in [1.165, 1.54) is 0 Å². The second-order valence-electron chi connectivity index (χ2n) is 3.28. The number of nitrogens with one attached hydrogen (secondary N) is 1. The Morgan fingerprint density at radius 3 is 2.50 bits per heavy atom. The molecule has 0 saturated carbocycles. The molecule has 72 valence electrons. The fraction of sp³-hybridized carbons (Fsp3) is 0.889. The van der Waals surface area contributed by atoms with Crippen molar-refractivity contribution in [1.82, 2.24) is 5.32 Å². The highest BCUT2D eigenvalue weighted by atomic mass is 16.3. The summed E-state index contributed by atoms with van der Waals surface area (Å²) in [6.45, 7) is 5.75. The fourth-order valence-electron chi connectivity index (χ4n) is 0.995. The zero-order chi connectivity index (χ0) is 9.56. The van der Waals surface area contributed by atoms with E-state index >= 15 is 0 Å². The predicted octanol–water partition coefficient (Wildman–Crippen LogP) is 0.920. The van der Waals surface area contributed by atoms with Crippen LogP contribution < -0.4 is 5.32 Å². The van der Waals surface area contributed by atoms with Gasteiger partial charge in [0.25, 0.3) is 0 Å². The van der Waals surface area contributed by atoms with Gasteiger partial charge in [-0.1, -0.05) is 20.3 Å². The Morgan fingerprint density at radius 1 is 1.50 bits per heavy atom. The highest BCUT2D eigenvalue weighted by Gasteiger charge is 2.13. The Labute approximate surface area is 74.2 Å². The van der Waals surface area contributed by atoms with Gasteiger partial charge in [-0.2, -0.15) is 0 Å². The van der Waals surface area contributed by atoms with E-state index in [4.69, 9.17) is 5.11 Å². The van der Waals surface area contributed by atoms with Crippen LogP contribution in [0.4, 0.5) is 0 Å². The van der Waals surface area contributed by atoms with Crippen molar-refractivity contribution in [1.29, 1.82) is 0 Å². The zero-order valence-electron chi connectivity index (χ0n) is 8.13. The number of aliphatic hydroxyl groups is 1. The van der Waals surface area contributed by atoms with Crippen LogP contribution in [0.25, 0.3) is 0 Å². The van der Waals surface area contributed by atoms with E-state index in [2.05, 4.69) is 12.2 Å². The van der Waals surface area contributed by atoms with Gasteiger partial charge in [0.05, 0.1) is 6.61 Å². The normalized spacial score (nSPS) is 15.3. The van der Waals surface area contributed by atoms with Crippen molar-refractivity contribution in [3.05, 3.63) is 0 Å². The van der Waals surface area contributed by atoms with Crippen molar-refractivity contribution in [2.24, 2.45) is 5.92 Å². The molecule has 0 saturated heterocycles. The van der Waals surface area contributed by atoms with Crippen LogP contribution in [0.3, 0.4) is 0 Å². The molecular weight excluding hydrogens is 154 g/mol. The fourth-order valence-corrected chi connectivity index (χ4v) is 0.995. The Morgan fingerprint density at radius 2 is 2.08 bits per heavy atom. The number of aliphatic hydroxyl groups excluding tert-OH is 1. The average Bonchev–Trinajstić information content (AvgIpc) is 2.04. The summed E-state index contributed by atoms with van der Waals surface area (Å²) in [7, 11) is 0. The minimum atomic E-state index is -0.128. The standard InChI is InChI=1S/C9H19NO2/c1-4-5-7(2)9(12)10-8(3)6-11/h7-8,11H,4-6H2,1-3H3,(H,10,12)/t7?,8-/m1/s1. The molecule has 0 heterocycles. The quantitative estimate of drug-likeness (QED) is 0.649. The Bertz CT molecular complexity index is 136. The largest absolute Gasteiger partial charge is 0.394 e. The van der Waals surface area contributed by atoms with Crippen LogP contribution in [-0.2, 0) is 4.79 Å². The first-order chi connectivity index (χ1) is 5.61. The molecule has 0 fully saturated rings. The molecular formula is C9H19NO2. The summed E-state index contributed by atoms with van der Waals surface area (Å²) in [6.07, 6.45) is 1.92. The number of hydrogen-bond acceptors (Lipinski definition) is 2. The van der Waals surface area contributed by atoms with E-state index in [0.29, 0.717) is 0 Å². The summed E-state index contributed by atoms with van der Waals surface area (Å²) in [5.74, 6) is 0.0994. The molecule has 3 heteroatoms. The molecule has 12 heavy (non-hydrogen) atoms. The maximum Gasteiger partial charge on any atom is 0.223 e. The van der Waals surface area contributed by atoms with Crippen LogP contribution in [0.5, 0.6) is 0 Å². The molecule has 0 rings (SSSR count). The lowest BCUT2D eigenvalue weighted by molar-refractivity contribution is -0.125. The van der Waals surface area contributed by atoms with Gasteiger partial charge in [0, 0.05) is 12.0 Å². The molecule has 0 aliphatic heterocycles. The van der Waals surface area contributed by atoms with Gasteiger partial charge in [-0.25, -0.2) is 0 Å². The van der Waals surface area contributed by atoms with E-state index < -0.39 is 0 Å². The summed E-state index contributed by atoms with van der Waals surface area (Å²) < 4.78 is 0. The first-order valence-electron chi connectivity index (χ1n) is 4.53. The Kier molecular flexibility index (Phi) is 5.72. The van der Waals surface area contributed by atoms with Gasteiger partial charge in [-0.3, -0.25) is 4.79 Å². The van der Waals surface area contributed by atoms with Crippen molar-refractivity contribution in [3.8, 4) is 0 Å². The molecule has 3 nitrogen and oxygen atoms in total. The molecule has 0 aromatic heterocycles. The van der Waals surface area contributed by atoms with Crippen LogP contribution in [0.1, 0.15) is 33.6 Å². The molecule has 0 radical (unpaired) electrons. The smallest absolute Gasteiger partial charge is 0.223 e. The van der Waals surface area contributed by atoms with Gasteiger partial charge in [0.2, 0.25) is 5.91 Å². The van der Waals surface area contributed by atoms with Gasteiger partial charge in [-0.05, 0) is 13.3 Å². The first kappa shape index (κ1) is 11.4. The minimum Gasteiger partial charge on any atom is -0.394 e. The van der Waals surface area contributed by atoms with E-state index in [1.807, 2.05) is 6.92 Å². The van der Waals surface area contributed by atoms with Crippen molar-refractivity contribution in [3.63, 3.8) is 0 Å². The summed E-state index contributed by atoms with van der Waals surface area (Å²) in [5.41, 5.74) is 0. The topological polar surface area (TPSA) is 49.3 Å². The number of rotatable bonds is 5. The Balaban J connectivity index is 3.70. The minimum absolute atomic E-state index is 0.00455. The summed E-state index contributed by atoms with van der Waals surface area (Å²) in [4.78, 5) is 11.3. The van der Waals surface area contributed by atoms with Crippen LogP contribution in [0.2, 0.25) is 0 Å². The summed E-state index contributed by atoms with van der Waals surface area (Å²) in [6, 6.07) is -0.128. The molecule has 0 aromatic carbocycles. The van der Waals surface area contributed by atoms with Crippen molar-refractivity contribution in [2.75, 3.05) is 6.61 Å². The lowest BCUT2D eigenvalue weighted by atomic mass is 10.1. The molecule has 2 atom stereocenters. The average molecular weight is 173 g/mol. The molecule has 2 N–H and O–H groups in total. The third-order valence-corrected chi connectivity index (χ3v) is 1.83. The first-order valence-corrected chi connectivity index (χ1v) is 4.53. The zero-order valence-corrected chi connectivity index (χ0v) is 8.13. The van der Waals surface area contributed by atoms with Gasteiger partial charge >= 0.3 is 0 Å². The molecule has 0 aromatic rings. The van der Waals surface area contributed by atoms with Crippen LogP contribution in [-0.4, -0.2) is 23.7 Å². The highest BCUT2D eigenvalue weighted by molar-refractivity contribution is 5.78. The van der Waals surface area contributed by atoms with Crippen molar-refractivity contribution in [2.45, 2.75) is 39.7 Å². The maximum absolute atomic E-state index is 11.3. The van der Waals surface area contributed by atoms with Crippen LogP contribution >= 0.6 is 0 Å². The third-order valence-electron chi connectivity index (χ3n) is 1.83. The van der Waals surface area contributed by atoms with Gasteiger partial charge in [-0.15, -0.1) is 0 Å². The van der Waals surface area contributed by atoms with Gasteiger partial charge in [0.1, 0.15) is 0 Å². The molecule has 1 unspecified atom stereocenters. The highest BCUT2D eigenvalue weighted by Crippen LogP contribution is 2.04. The number of carbonyl (C=O) groups is 1. The number of hydrogen-bond donors (Lipinski definition) is 2. The van der Waals surface area contributed by atoms with Gasteiger partial charge in [0.15, 0.2) is 0 Å². The lowest BCUT2D eigenvalue weighted by Crippen LogP contribution is -2.38. The maximum atomic E-state index is 11.3. The molecule has 0 aliphatic carbocycles. The summed E-state index contributed by atoms with van der Waals surface area (Å²) in [5, 5.41) is 11.4. The van der Waals surface area contributed by atoms with Gasteiger partial charge < -0.3 is 10.4 Å². The van der Waals surface area contributed by atoms with Crippen LogP contribution in [0.15, 0.2) is 0 Å². The molecule has 1 amide bonds. The Hall–Kier alpha value is -0.570. The number of amides is 1. The van der Waals surface area contributed by atoms with Crippen LogP contribution in [0, 0.1) is 5.92 Å². The SMILES string of the molecule is CCCC(C)C(=O)N[C@H](C)CO. The van der Waals surface area contributed by atoms with E-state index in [9.17, 15) is 4.79 Å². The molecule has 0 bridgehead atoms. The lowest BCUT2D eigenvalue weighted by Gasteiger charge is -2.14. The summed E-state index contributed by atoms with van der Waals surface area (Å²) >= 11 is 0. The number of carbonyl (C=O) groups excluding carboxylic acids is 1. The third kappa shape index (κ3) is 4.34. The second-order valence-corrected chi connectivity index (χ2v) is 3.28. The van der Waals surface area contributed by atoms with Crippen molar-refractivity contribution >= 4 is 5.91 Å². The predicted molar refractivity (Wildman–Crippen MR) is 48.8 cm³/mol. The molecule has 0 aliphatic rings. The van der Waals surface area contributed by atoms with E-state index in [1.54, 1.807) is 6.92 Å². The van der Waals surface area contributed by atoms with Crippen molar-refractivity contribution < 1.29 is 9.90 Å².